The second kappa shape index (κ2) is 7.14. The Morgan fingerprint density at radius 3 is 2.73 bits per heavy atom. The van der Waals surface area contributed by atoms with Crippen molar-refractivity contribution in [2.75, 3.05) is 5.43 Å². The lowest BCUT2D eigenvalue weighted by Gasteiger charge is -2.06. The van der Waals surface area contributed by atoms with E-state index in [1.54, 1.807) is 11.3 Å². The van der Waals surface area contributed by atoms with Crippen LogP contribution in [0.15, 0.2) is 65.2 Å². The van der Waals surface area contributed by atoms with E-state index in [-0.39, 0.29) is 0 Å². The Labute approximate surface area is 156 Å². The second-order valence-corrected chi connectivity index (χ2v) is 7.27. The topological polar surface area (TPSA) is 42.2 Å². The van der Waals surface area contributed by atoms with E-state index in [0.29, 0.717) is 0 Å². The molecule has 0 saturated heterocycles. The zero-order valence-corrected chi connectivity index (χ0v) is 15.6. The molecule has 0 atom stereocenters. The molecule has 0 aliphatic heterocycles. The van der Waals surface area contributed by atoms with E-state index in [1.807, 2.05) is 18.5 Å². The Bertz CT molecular complexity index is 1060. The molecule has 0 spiro atoms. The molecule has 0 aliphatic carbocycles. The predicted molar refractivity (Wildman–Crippen MR) is 110 cm³/mol. The lowest BCUT2D eigenvalue weighted by Crippen LogP contribution is -1.97. The molecule has 0 saturated carbocycles. The number of benzene rings is 2. The van der Waals surface area contributed by atoms with Crippen LogP contribution in [0.2, 0.25) is 0 Å². The maximum Gasteiger partial charge on any atom is 0.203 e. The minimum Gasteiger partial charge on any atom is -0.343 e. The summed E-state index contributed by atoms with van der Waals surface area (Å²) in [5.41, 5.74) is 8.86. The van der Waals surface area contributed by atoms with Crippen LogP contribution in [0.3, 0.4) is 0 Å². The number of hydrogen-bond donors (Lipinski definition) is 1. The molecule has 0 radical (unpaired) electrons. The number of anilines is 1. The molecule has 0 amide bonds. The molecule has 4 rings (SSSR count). The third kappa shape index (κ3) is 3.68. The normalized spacial score (nSPS) is 11.5. The van der Waals surface area contributed by atoms with E-state index < -0.39 is 0 Å². The van der Waals surface area contributed by atoms with Crippen LogP contribution in [-0.2, 0) is 6.54 Å². The maximum absolute atomic E-state index is 4.33. The maximum atomic E-state index is 4.33. The van der Waals surface area contributed by atoms with Gasteiger partial charge < -0.3 is 4.57 Å². The zero-order valence-electron chi connectivity index (χ0n) is 14.8. The highest BCUT2D eigenvalue weighted by Crippen LogP contribution is 2.19. The molecule has 4 nitrogen and oxygen atoms in total. The highest BCUT2D eigenvalue weighted by atomic mass is 32.1. The average molecular weight is 360 g/mol. The van der Waals surface area contributed by atoms with E-state index in [4.69, 9.17) is 0 Å². The van der Waals surface area contributed by atoms with E-state index >= 15 is 0 Å². The highest BCUT2D eigenvalue weighted by molar-refractivity contribution is 7.13. The van der Waals surface area contributed by atoms with Gasteiger partial charge in [-0.15, -0.1) is 11.3 Å². The van der Waals surface area contributed by atoms with Gasteiger partial charge in [0.2, 0.25) is 5.13 Å². The van der Waals surface area contributed by atoms with Crippen LogP contribution in [0.1, 0.15) is 22.4 Å². The smallest absolute Gasteiger partial charge is 0.203 e. The second-order valence-electron chi connectivity index (χ2n) is 6.41. The van der Waals surface area contributed by atoms with Gasteiger partial charge in [-0.1, -0.05) is 35.9 Å². The Kier molecular flexibility index (Phi) is 4.54. The molecule has 2 aromatic carbocycles. The van der Waals surface area contributed by atoms with Crippen LogP contribution >= 0.6 is 11.3 Å². The summed E-state index contributed by atoms with van der Waals surface area (Å²) in [6.45, 7) is 4.96. The van der Waals surface area contributed by atoms with Crippen LogP contribution < -0.4 is 5.43 Å². The Balaban J connectivity index is 1.50. The third-order valence-electron chi connectivity index (χ3n) is 4.26. The van der Waals surface area contributed by atoms with Gasteiger partial charge in [0.25, 0.3) is 0 Å². The summed E-state index contributed by atoms with van der Waals surface area (Å²) in [5.74, 6) is 0. The summed E-state index contributed by atoms with van der Waals surface area (Å²) in [7, 11) is 0. The minimum atomic E-state index is 0.809. The molecular weight excluding hydrogens is 340 g/mol. The summed E-state index contributed by atoms with van der Waals surface area (Å²) in [6.07, 6.45) is 3.97. The SMILES string of the molecule is Cc1ccc(Cn2ccc3cc(C=NNc4nc(C)cs4)ccc32)cc1. The monoisotopic (exact) mass is 360 g/mol. The van der Waals surface area contributed by atoms with Gasteiger partial charge in [-0.25, -0.2) is 4.98 Å². The molecule has 5 heteroatoms. The fourth-order valence-electron chi connectivity index (χ4n) is 2.89. The molecule has 0 unspecified atom stereocenters. The standard InChI is InChI=1S/C21H20N4S/c1-15-3-5-17(6-4-15)13-25-10-9-19-11-18(7-8-20(19)25)12-22-24-21-23-16(2)14-26-21/h3-12,14H,13H2,1-2H3,(H,23,24). The summed E-state index contributed by atoms with van der Waals surface area (Å²) < 4.78 is 2.28. The summed E-state index contributed by atoms with van der Waals surface area (Å²) in [6, 6.07) is 17.2. The van der Waals surface area contributed by atoms with Gasteiger partial charge in [0.05, 0.1) is 11.9 Å². The average Bonchev–Trinajstić information content (AvgIpc) is 3.23. The lowest BCUT2D eigenvalue weighted by atomic mass is 10.1. The van der Waals surface area contributed by atoms with E-state index in [0.717, 1.165) is 22.9 Å². The van der Waals surface area contributed by atoms with Gasteiger partial charge in [0.15, 0.2) is 0 Å². The van der Waals surface area contributed by atoms with Crippen LogP contribution in [0.4, 0.5) is 5.13 Å². The van der Waals surface area contributed by atoms with Crippen molar-refractivity contribution in [3.05, 3.63) is 82.5 Å². The number of aryl methyl sites for hydroxylation is 2. The molecule has 2 heterocycles. The Morgan fingerprint density at radius 1 is 1.12 bits per heavy atom. The van der Waals surface area contributed by atoms with Crippen LogP contribution in [0.5, 0.6) is 0 Å². The molecule has 0 fully saturated rings. The molecular formula is C21H20N4S. The van der Waals surface area contributed by atoms with Crippen molar-refractivity contribution in [1.82, 2.24) is 9.55 Å². The van der Waals surface area contributed by atoms with E-state index in [1.165, 1.54) is 22.0 Å². The van der Waals surface area contributed by atoms with Gasteiger partial charge in [0.1, 0.15) is 0 Å². The molecule has 2 aromatic heterocycles. The van der Waals surface area contributed by atoms with Crippen molar-refractivity contribution in [2.24, 2.45) is 5.10 Å². The number of hydrogen-bond acceptors (Lipinski definition) is 4. The first kappa shape index (κ1) is 16.5. The predicted octanol–water partition coefficient (Wildman–Crippen LogP) is 5.21. The third-order valence-corrected chi connectivity index (χ3v) is 5.13. The number of thiazole rings is 1. The molecule has 26 heavy (non-hydrogen) atoms. The van der Waals surface area contributed by atoms with Gasteiger partial charge in [-0.05, 0) is 43.2 Å². The van der Waals surface area contributed by atoms with Gasteiger partial charge >= 0.3 is 0 Å². The summed E-state index contributed by atoms with van der Waals surface area (Å²) >= 11 is 1.55. The number of nitrogens with one attached hydrogen (secondary N) is 1. The van der Waals surface area contributed by atoms with Crippen molar-refractivity contribution in [3.63, 3.8) is 0 Å². The number of nitrogens with zero attached hydrogens (tertiary/aromatic N) is 3. The fraction of sp³-hybridized carbons (Fsp3) is 0.143. The molecule has 0 bridgehead atoms. The van der Waals surface area contributed by atoms with E-state index in [2.05, 4.69) is 81.7 Å². The number of aromatic nitrogens is 2. The first-order chi connectivity index (χ1) is 12.7. The van der Waals surface area contributed by atoms with Crippen molar-refractivity contribution < 1.29 is 0 Å². The van der Waals surface area contributed by atoms with Crippen molar-refractivity contribution in [3.8, 4) is 0 Å². The molecule has 4 aromatic rings. The molecule has 1 N–H and O–H groups in total. The lowest BCUT2D eigenvalue weighted by molar-refractivity contribution is 0.836. The number of rotatable bonds is 5. The summed E-state index contributed by atoms with van der Waals surface area (Å²) in [5, 5.41) is 8.30. The van der Waals surface area contributed by atoms with Crippen LogP contribution in [-0.4, -0.2) is 15.8 Å². The highest BCUT2D eigenvalue weighted by Gasteiger charge is 2.03. The van der Waals surface area contributed by atoms with Crippen LogP contribution in [0.25, 0.3) is 10.9 Å². The van der Waals surface area contributed by atoms with Gasteiger partial charge in [-0.3, -0.25) is 5.43 Å². The van der Waals surface area contributed by atoms with E-state index in [9.17, 15) is 0 Å². The van der Waals surface area contributed by atoms with Crippen LogP contribution in [0, 0.1) is 13.8 Å². The van der Waals surface area contributed by atoms with Gasteiger partial charge in [-0.2, -0.15) is 5.10 Å². The zero-order chi connectivity index (χ0) is 17.9. The van der Waals surface area contributed by atoms with Crippen molar-refractivity contribution >= 4 is 33.6 Å². The summed E-state index contributed by atoms with van der Waals surface area (Å²) in [4.78, 5) is 4.33. The molecule has 130 valence electrons. The quantitative estimate of drug-likeness (QED) is 0.392. The van der Waals surface area contributed by atoms with Crippen molar-refractivity contribution in [2.45, 2.75) is 20.4 Å². The first-order valence-corrected chi connectivity index (χ1v) is 9.41. The Hall–Kier alpha value is -2.92. The number of fused-ring (bicyclic) bond motifs is 1. The van der Waals surface area contributed by atoms with Gasteiger partial charge in [0, 0.05) is 29.0 Å². The molecule has 0 aliphatic rings. The first-order valence-electron chi connectivity index (χ1n) is 8.53. The fourth-order valence-corrected chi connectivity index (χ4v) is 3.53. The van der Waals surface area contributed by atoms with Crippen molar-refractivity contribution in [1.29, 1.82) is 0 Å². The minimum absolute atomic E-state index is 0.809. The largest absolute Gasteiger partial charge is 0.343 e. The Morgan fingerprint density at radius 2 is 1.96 bits per heavy atom. The number of hydrazone groups is 1.